The monoisotopic (exact) mass is 326 g/mol. The largest absolute Gasteiger partial charge is 0.351 e. The smallest absolute Gasteiger partial charge is 0.267 e. The van der Waals surface area contributed by atoms with Crippen LogP contribution >= 0.6 is 0 Å². The van der Waals surface area contributed by atoms with E-state index < -0.39 is 0 Å². The third-order valence-corrected chi connectivity index (χ3v) is 4.19. The number of hydrogen-bond donors (Lipinski definition) is 1. The van der Waals surface area contributed by atoms with Crippen LogP contribution in [-0.4, -0.2) is 26.4 Å². The Hall–Kier alpha value is -2.63. The van der Waals surface area contributed by atoms with E-state index in [9.17, 15) is 9.59 Å². The van der Waals surface area contributed by atoms with Crippen molar-refractivity contribution in [2.45, 2.75) is 27.2 Å². The van der Waals surface area contributed by atoms with Crippen molar-refractivity contribution < 1.29 is 4.79 Å². The molecule has 0 aliphatic heterocycles. The topological polar surface area (TPSA) is 68.4 Å². The van der Waals surface area contributed by atoms with Crippen molar-refractivity contribution in [3.8, 4) is 0 Å². The van der Waals surface area contributed by atoms with Crippen LogP contribution in [0.2, 0.25) is 0 Å². The Morgan fingerprint density at radius 1 is 1.33 bits per heavy atom. The molecule has 0 aliphatic rings. The maximum atomic E-state index is 12.7. The Morgan fingerprint density at radius 3 is 2.79 bits per heavy atom. The van der Waals surface area contributed by atoms with E-state index in [1.165, 1.54) is 4.40 Å². The van der Waals surface area contributed by atoms with Gasteiger partial charge in [0.1, 0.15) is 17.0 Å². The lowest BCUT2D eigenvalue weighted by Gasteiger charge is -2.08. The summed E-state index contributed by atoms with van der Waals surface area (Å²) in [5.74, 6) is 0.346. The number of nitrogens with one attached hydrogen (secondary N) is 1. The molecule has 24 heavy (non-hydrogen) atoms. The lowest BCUT2D eigenvalue weighted by Crippen LogP contribution is -2.27. The number of hydrogen-bond acceptors (Lipinski definition) is 3. The summed E-state index contributed by atoms with van der Waals surface area (Å²) in [5.41, 5.74) is 2.37. The van der Waals surface area contributed by atoms with Crippen LogP contribution in [0.4, 0.5) is 0 Å². The van der Waals surface area contributed by atoms with Gasteiger partial charge in [-0.05, 0) is 37.0 Å². The van der Waals surface area contributed by atoms with Crippen molar-refractivity contribution in [2.24, 2.45) is 13.0 Å². The molecule has 3 rings (SSSR count). The van der Waals surface area contributed by atoms with Gasteiger partial charge in [0.25, 0.3) is 11.5 Å². The summed E-state index contributed by atoms with van der Waals surface area (Å²) in [4.78, 5) is 29.7. The Balaban J connectivity index is 2.07. The molecule has 126 valence electrons. The predicted molar refractivity (Wildman–Crippen MR) is 94.5 cm³/mol. The Bertz CT molecular complexity index is 982. The Labute approximate surface area is 140 Å². The number of nitrogens with zero attached hydrogens (tertiary/aromatic N) is 3. The molecule has 1 N–H and O–H groups in total. The zero-order valence-electron chi connectivity index (χ0n) is 14.5. The zero-order chi connectivity index (χ0) is 17.4. The second-order valence-corrected chi connectivity index (χ2v) is 6.62. The van der Waals surface area contributed by atoms with E-state index in [1.807, 2.05) is 19.1 Å². The molecular formula is C18H22N4O2. The molecule has 0 radical (unpaired) electrons. The number of rotatable bonds is 4. The zero-order valence-corrected chi connectivity index (χ0v) is 14.5. The van der Waals surface area contributed by atoms with Crippen LogP contribution < -0.4 is 10.9 Å². The summed E-state index contributed by atoms with van der Waals surface area (Å²) < 4.78 is 3.21. The van der Waals surface area contributed by atoms with Crippen LogP contribution in [0.15, 0.2) is 29.2 Å². The van der Waals surface area contributed by atoms with Gasteiger partial charge < -0.3 is 9.88 Å². The summed E-state index contributed by atoms with van der Waals surface area (Å²) in [6.07, 6.45) is 2.68. The number of fused-ring (bicyclic) bond motifs is 2. The molecule has 0 spiro atoms. The summed E-state index contributed by atoms with van der Waals surface area (Å²) in [7, 11) is 1.76. The lowest BCUT2D eigenvalue weighted by molar-refractivity contribution is 0.0944. The Kier molecular flexibility index (Phi) is 4.13. The summed E-state index contributed by atoms with van der Waals surface area (Å²) in [5, 5.41) is 3.36. The molecule has 3 heterocycles. The van der Waals surface area contributed by atoms with Crippen molar-refractivity contribution >= 4 is 22.6 Å². The van der Waals surface area contributed by atoms with Crippen LogP contribution in [0.1, 0.15) is 36.3 Å². The van der Waals surface area contributed by atoms with Gasteiger partial charge in [-0.2, -0.15) is 0 Å². The summed E-state index contributed by atoms with van der Waals surface area (Å²) >= 11 is 0. The lowest BCUT2D eigenvalue weighted by atomic mass is 10.1. The van der Waals surface area contributed by atoms with E-state index in [0.29, 0.717) is 34.8 Å². The van der Waals surface area contributed by atoms with Gasteiger partial charge in [-0.25, -0.2) is 4.98 Å². The third kappa shape index (κ3) is 2.79. The molecule has 0 saturated carbocycles. The minimum atomic E-state index is -0.180. The molecule has 0 atom stereocenters. The second kappa shape index (κ2) is 6.11. The molecule has 0 saturated heterocycles. The number of carbonyl (C=O) groups excluding carboxylic acids is 1. The minimum absolute atomic E-state index is 0.157. The molecule has 6 nitrogen and oxygen atoms in total. The first-order valence-electron chi connectivity index (χ1n) is 8.15. The van der Waals surface area contributed by atoms with E-state index in [1.54, 1.807) is 23.9 Å². The number of amides is 1. The van der Waals surface area contributed by atoms with Gasteiger partial charge in [-0.3, -0.25) is 14.0 Å². The molecule has 0 bridgehead atoms. The first-order chi connectivity index (χ1) is 11.4. The van der Waals surface area contributed by atoms with Gasteiger partial charge in [0.15, 0.2) is 0 Å². The normalized spacial score (nSPS) is 11.5. The van der Waals surface area contributed by atoms with E-state index in [2.05, 4.69) is 24.1 Å². The maximum Gasteiger partial charge on any atom is 0.267 e. The summed E-state index contributed by atoms with van der Waals surface area (Å²) in [6, 6.07) is 5.35. The molecule has 1 amide bonds. The van der Waals surface area contributed by atoms with E-state index in [-0.39, 0.29) is 11.5 Å². The quantitative estimate of drug-likeness (QED) is 0.800. The van der Waals surface area contributed by atoms with Crippen LogP contribution in [0.3, 0.4) is 0 Å². The van der Waals surface area contributed by atoms with Crippen LogP contribution in [0.25, 0.3) is 16.7 Å². The average molecular weight is 326 g/mol. The fraction of sp³-hybridized carbons (Fsp3) is 0.389. The average Bonchev–Trinajstić information content (AvgIpc) is 2.85. The first kappa shape index (κ1) is 16.2. The number of aromatic nitrogens is 3. The highest BCUT2D eigenvalue weighted by Gasteiger charge is 2.17. The van der Waals surface area contributed by atoms with E-state index >= 15 is 0 Å². The van der Waals surface area contributed by atoms with Gasteiger partial charge in [0.2, 0.25) is 0 Å². The van der Waals surface area contributed by atoms with Crippen LogP contribution in [0.5, 0.6) is 0 Å². The molecule has 0 aliphatic carbocycles. The third-order valence-electron chi connectivity index (χ3n) is 4.19. The highest BCUT2D eigenvalue weighted by molar-refractivity contribution is 5.98. The highest BCUT2D eigenvalue weighted by atomic mass is 16.2. The van der Waals surface area contributed by atoms with Gasteiger partial charge in [-0.1, -0.05) is 19.9 Å². The second-order valence-electron chi connectivity index (χ2n) is 6.62. The standard InChI is InChI=1S/C18H22N4O2/c1-11(2)7-8-19-17(23)14-9-13-16(21(14)4)20-15-6-5-12(3)10-22(15)18(13)24/h5-6,9-11H,7-8H2,1-4H3,(H,19,23). The highest BCUT2D eigenvalue weighted by Crippen LogP contribution is 2.15. The first-order valence-corrected chi connectivity index (χ1v) is 8.15. The van der Waals surface area contributed by atoms with E-state index in [0.717, 1.165) is 12.0 Å². The predicted octanol–water partition coefficient (Wildman–Crippen LogP) is 2.27. The van der Waals surface area contributed by atoms with Gasteiger partial charge in [0.05, 0.1) is 5.39 Å². The fourth-order valence-electron chi connectivity index (χ4n) is 2.76. The summed E-state index contributed by atoms with van der Waals surface area (Å²) in [6.45, 7) is 6.77. The molecular weight excluding hydrogens is 304 g/mol. The fourth-order valence-corrected chi connectivity index (χ4v) is 2.76. The Morgan fingerprint density at radius 2 is 2.08 bits per heavy atom. The number of carbonyl (C=O) groups is 1. The van der Waals surface area contributed by atoms with Crippen molar-refractivity contribution in [3.63, 3.8) is 0 Å². The molecule has 0 aromatic carbocycles. The van der Waals surface area contributed by atoms with Gasteiger partial charge in [0, 0.05) is 19.8 Å². The molecule has 3 aromatic heterocycles. The van der Waals surface area contributed by atoms with Crippen molar-refractivity contribution in [1.29, 1.82) is 0 Å². The molecule has 0 fully saturated rings. The molecule has 6 heteroatoms. The van der Waals surface area contributed by atoms with Gasteiger partial charge in [-0.15, -0.1) is 0 Å². The minimum Gasteiger partial charge on any atom is -0.351 e. The van der Waals surface area contributed by atoms with Crippen molar-refractivity contribution in [2.75, 3.05) is 6.54 Å². The molecule has 3 aromatic rings. The van der Waals surface area contributed by atoms with Crippen LogP contribution in [0, 0.1) is 12.8 Å². The van der Waals surface area contributed by atoms with E-state index in [4.69, 9.17) is 0 Å². The SMILES string of the molecule is Cc1ccc2nc3c(cc(C(=O)NCCC(C)C)n3C)c(=O)n2c1. The molecule has 0 unspecified atom stereocenters. The maximum absolute atomic E-state index is 12.7. The number of pyridine rings is 1. The van der Waals surface area contributed by atoms with Crippen molar-refractivity contribution in [1.82, 2.24) is 19.3 Å². The van der Waals surface area contributed by atoms with Crippen LogP contribution in [-0.2, 0) is 7.05 Å². The van der Waals surface area contributed by atoms with Gasteiger partial charge >= 0.3 is 0 Å². The number of aryl methyl sites for hydroxylation is 2. The van der Waals surface area contributed by atoms with Crippen molar-refractivity contribution in [3.05, 3.63) is 46.0 Å².